The first-order valence-electron chi connectivity index (χ1n) is 11.2. The highest BCUT2D eigenvalue weighted by Gasteiger charge is 2.47. The van der Waals surface area contributed by atoms with Crippen LogP contribution >= 0.6 is 0 Å². The number of carbonyl (C=O) groups is 1. The Morgan fingerprint density at radius 3 is 1.91 bits per heavy atom. The maximum absolute atomic E-state index is 13.7. The van der Waals surface area contributed by atoms with E-state index in [2.05, 4.69) is 34.5 Å². The standard InChI is InChI=1S/C27H26F2N2O/c28-22-15-21(16-23(29)17-22)27(32)30-25-20-11-13-31(14-12-20)26(25)24(18-7-3-1-4-8-18)19-9-5-2-6-10-19/h1-10,15-17,20,24-26H,11-14H2,(H,30,32). The van der Waals surface area contributed by atoms with Gasteiger partial charge >= 0.3 is 0 Å². The molecule has 3 fully saturated rings. The largest absolute Gasteiger partial charge is 0.347 e. The Morgan fingerprint density at radius 2 is 1.38 bits per heavy atom. The average Bonchev–Trinajstić information content (AvgIpc) is 2.82. The number of hydrogen-bond acceptors (Lipinski definition) is 2. The van der Waals surface area contributed by atoms with E-state index in [4.69, 9.17) is 0 Å². The minimum atomic E-state index is -0.743. The van der Waals surface area contributed by atoms with Gasteiger partial charge in [-0.15, -0.1) is 0 Å². The fourth-order valence-electron chi connectivity index (χ4n) is 5.53. The molecular weight excluding hydrogens is 406 g/mol. The zero-order chi connectivity index (χ0) is 22.1. The van der Waals surface area contributed by atoms with Crippen molar-refractivity contribution in [3.8, 4) is 0 Å². The quantitative estimate of drug-likeness (QED) is 0.616. The predicted octanol–water partition coefficient (Wildman–Crippen LogP) is 4.99. The average molecular weight is 433 g/mol. The number of nitrogens with one attached hydrogen (secondary N) is 1. The Kier molecular flexibility index (Phi) is 5.75. The summed E-state index contributed by atoms with van der Waals surface area (Å²) < 4.78 is 27.5. The summed E-state index contributed by atoms with van der Waals surface area (Å²) in [7, 11) is 0. The molecule has 3 heterocycles. The SMILES string of the molecule is O=C(NC1C(C(c2ccccc2)c2ccccc2)[N@]2CC[C@H]1CC2)c1cc(F)cc(F)c1. The second-order valence-corrected chi connectivity index (χ2v) is 8.82. The van der Waals surface area contributed by atoms with Crippen molar-refractivity contribution in [3.63, 3.8) is 0 Å². The third-order valence-corrected chi connectivity index (χ3v) is 6.95. The van der Waals surface area contributed by atoms with Gasteiger partial charge in [0, 0.05) is 29.6 Å². The number of fused-ring (bicyclic) bond motifs is 3. The maximum atomic E-state index is 13.7. The van der Waals surface area contributed by atoms with Crippen LogP contribution in [-0.4, -0.2) is 36.0 Å². The zero-order valence-corrected chi connectivity index (χ0v) is 17.8. The van der Waals surface area contributed by atoms with Crippen molar-refractivity contribution in [1.29, 1.82) is 0 Å². The summed E-state index contributed by atoms with van der Waals surface area (Å²) >= 11 is 0. The number of nitrogens with zero attached hydrogens (tertiary/aromatic N) is 1. The van der Waals surface area contributed by atoms with Gasteiger partial charge in [-0.05, 0) is 55.1 Å². The highest BCUT2D eigenvalue weighted by atomic mass is 19.1. The summed E-state index contributed by atoms with van der Waals surface area (Å²) in [6, 6.07) is 23.7. The Labute approximate surface area is 187 Å². The van der Waals surface area contributed by atoms with Crippen LogP contribution in [0.15, 0.2) is 78.9 Å². The smallest absolute Gasteiger partial charge is 0.251 e. The van der Waals surface area contributed by atoms with Crippen molar-refractivity contribution in [2.75, 3.05) is 13.1 Å². The predicted molar refractivity (Wildman–Crippen MR) is 120 cm³/mol. The lowest BCUT2D eigenvalue weighted by atomic mass is 9.70. The van der Waals surface area contributed by atoms with Gasteiger partial charge in [-0.1, -0.05) is 60.7 Å². The molecular formula is C27H26F2N2O. The number of piperidine rings is 3. The molecule has 2 unspecified atom stereocenters. The Morgan fingerprint density at radius 1 is 0.844 bits per heavy atom. The molecule has 0 aromatic heterocycles. The van der Waals surface area contributed by atoms with Gasteiger partial charge < -0.3 is 5.32 Å². The van der Waals surface area contributed by atoms with E-state index in [1.54, 1.807) is 0 Å². The van der Waals surface area contributed by atoms with Gasteiger partial charge in [-0.25, -0.2) is 8.78 Å². The molecule has 3 aliphatic heterocycles. The third kappa shape index (κ3) is 4.05. The molecule has 2 atom stereocenters. The van der Waals surface area contributed by atoms with Crippen molar-refractivity contribution in [1.82, 2.24) is 10.2 Å². The number of rotatable bonds is 5. The Bertz CT molecular complexity index is 1020. The van der Waals surface area contributed by atoms with E-state index in [0.717, 1.165) is 44.1 Å². The molecule has 0 radical (unpaired) electrons. The number of amides is 1. The van der Waals surface area contributed by atoms with E-state index < -0.39 is 17.5 Å². The molecule has 0 spiro atoms. The summed E-state index contributed by atoms with van der Waals surface area (Å²) in [6.07, 6.45) is 2.02. The molecule has 3 aromatic carbocycles. The van der Waals surface area contributed by atoms with E-state index in [-0.39, 0.29) is 23.6 Å². The monoisotopic (exact) mass is 432 g/mol. The van der Waals surface area contributed by atoms with Gasteiger partial charge in [0.2, 0.25) is 0 Å². The molecule has 1 N–H and O–H groups in total. The van der Waals surface area contributed by atoms with Crippen molar-refractivity contribution in [3.05, 3.63) is 107 Å². The van der Waals surface area contributed by atoms with Crippen LogP contribution in [0.3, 0.4) is 0 Å². The first-order valence-corrected chi connectivity index (χ1v) is 11.2. The van der Waals surface area contributed by atoms with Gasteiger partial charge in [-0.3, -0.25) is 9.69 Å². The second kappa shape index (κ2) is 8.83. The van der Waals surface area contributed by atoms with Crippen LogP contribution < -0.4 is 5.32 Å². The molecule has 32 heavy (non-hydrogen) atoms. The van der Waals surface area contributed by atoms with Crippen molar-refractivity contribution >= 4 is 5.91 Å². The van der Waals surface area contributed by atoms with Crippen LogP contribution in [-0.2, 0) is 0 Å². The van der Waals surface area contributed by atoms with Crippen molar-refractivity contribution in [2.24, 2.45) is 5.92 Å². The summed E-state index contributed by atoms with van der Waals surface area (Å²) in [4.78, 5) is 15.5. The van der Waals surface area contributed by atoms with Crippen LogP contribution in [0, 0.1) is 17.6 Å². The second-order valence-electron chi connectivity index (χ2n) is 8.82. The van der Waals surface area contributed by atoms with Gasteiger partial charge in [0.05, 0.1) is 0 Å². The van der Waals surface area contributed by atoms with Crippen LogP contribution in [0.2, 0.25) is 0 Å². The molecule has 3 nitrogen and oxygen atoms in total. The summed E-state index contributed by atoms with van der Waals surface area (Å²) in [5, 5.41) is 3.18. The first-order chi connectivity index (χ1) is 15.6. The van der Waals surface area contributed by atoms with Crippen molar-refractivity contribution in [2.45, 2.75) is 30.8 Å². The fourth-order valence-corrected chi connectivity index (χ4v) is 5.53. The van der Waals surface area contributed by atoms with Gasteiger partial charge in [-0.2, -0.15) is 0 Å². The van der Waals surface area contributed by atoms with Crippen LogP contribution in [0.5, 0.6) is 0 Å². The molecule has 3 saturated heterocycles. The number of hydrogen-bond donors (Lipinski definition) is 1. The molecule has 1 amide bonds. The summed E-state index contributed by atoms with van der Waals surface area (Å²) in [5.74, 6) is -1.50. The zero-order valence-electron chi connectivity index (χ0n) is 17.8. The van der Waals surface area contributed by atoms with E-state index in [1.807, 2.05) is 36.4 Å². The maximum Gasteiger partial charge on any atom is 0.251 e. The van der Waals surface area contributed by atoms with E-state index in [9.17, 15) is 13.6 Å². The lowest BCUT2D eigenvalue weighted by Crippen LogP contribution is -2.65. The molecule has 3 aromatic rings. The van der Waals surface area contributed by atoms with Crippen LogP contribution in [0.1, 0.15) is 40.2 Å². The lowest BCUT2D eigenvalue weighted by Gasteiger charge is -2.54. The van der Waals surface area contributed by atoms with Crippen LogP contribution in [0.4, 0.5) is 8.78 Å². The van der Waals surface area contributed by atoms with E-state index in [1.165, 1.54) is 11.1 Å². The van der Waals surface area contributed by atoms with Gasteiger partial charge in [0.25, 0.3) is 5.91 Å². The molecule has 6 rings (SSSR count). The van der Waals surface area contributed by atoms with E-state index >= 15 is 0 Å². The molecule has 0 aliphatic carbocycles. The van der Waals surface area contributed by atoms with Crippen LogP contribution in [0.25, 0.3) is 0 Å². The Hall–Kier alpha value is -3.05. The van der Waals surface area contributed by atoms with Crippen molar-refractivity contribution < 1.29 is 13.6 Å². The molecule has 5 heteroatoms. The minimum Gasteiger partial charge on any atom is -0.347 e. The normalized spacial score (nSPS) is 24.5. The molecule has 164 valence electrons. The molecule has 0 saturated carbocycles. The molecule has 3 aliphatic rings. The van der Waals surface area contributed by atoms with Gasteiger partial charge in [0.1, 0.15) is 11.6 Å². The minimum absolute atomic E-state index is 0.0219. The highest BCUT2D eigenvalue weighted by molar-refractivity contribution is 5.94. The highest BCUT2D eigenvalue weighted by Crippen LogP contribution is 2.42. The number of carbonyl (C=O) groups excluding carboxylic acids is 1. The molecule has 2 bridgehead atoms. The summed E-state index contributed by atoms with van der Waals surface area (Å²) in [5.41, 5.74) is 2.42. The number of benzene rings is 3. The first kappa shape index (κ1) is 20.8. The number of halogens is 2. The van der Waals surface area contributed by atoms with Gasteiger partial charge in [0.15, 0.2) is 0 Å². The van der Waals surface area contributed by atoms with E-state index in [0.29, 0.717) is 5.92 Å². The third-order valence-electron chi connectivity index (χ3n) is 6.95. The lowest BCUT2D eigenvalue weighted by molar-refractivity contribution is 0.00615. The fraction of sp³-hybridized carbons (Fsp3) is 0.296. The Balaban J connectivity index is 1.53. The summed E-state index contributed by atoms with van der Waals surface area (Å²) in [6.45, 7) is 1.99. The topological polar surface area (TPSA) is 32.3 Å².